The summed E-state index contributed by atoms with van der Waals surface area (Å²) < 4.78 is 4.67. The molecular formula is C5H6N2O3. The van der Waals surface area contributed by atoms with Gasteiger partial charge in [0.1, 0.15) is 10.7 Å². The Bertz CT molecular complexity index is 243. The molecule has 1 aromatic heterocycles. The normalized spacial score (nSPS) is 9.70. The largest absolute Gasteiger partial charge is 0.433 e. The van der Waals surface area contributed by atoms with Crippen molar-refractivity contribution in [3.63, 3.8) is 0 Å². The summed E-state index contributed by atoms with van der Waals surface area (Å²) in [6, 6.07) is 2.76. The SMILES string of the molecule is NCc1ccc([N+](=O)[O-])o1. The second-order valence-corrected chi connectivity index (χ2v) is 1.70. The first-order chi connectivity index (χ1) is 4.74. The maximum absolute atomic E-state index is 10.0. The van der Waals surface area contributed by atoms with E-state index in [-0.39, 0.29) is 12.4 Å². The molecule has 0 aromatic carbocycles. The molecule has 5 nitrogen and oxygen atoms in total. The van der Waals surface area contributed by atoms with Crippen LogP contribution in [-0.4, -0.2) is 4.92 Å². The summed E-state index contributed by atoms with van der Waals surface area (Å²) in [6.45, 7) is 0.188. The summed E-state index contributed by atoms with van der Waals surface area (Å²) in [6.07, 6.45) is 0. The first-order valence-electron chi connectivity index (χ1n) is 2.67. The van der Waals surface area contributed by atoms with Gasteiger partial charge in [0.15, 0.2) is 0 Å². The smallest absolute Gasteiger partial charge is 0.404 e. The Balaban J connectivity index is 2.88. The quantitative estimate of drug-likeness (QED) is 0.485. The Morgan fingerprint density at radius 2 is 2.40 bits per heavy atom. The Labute approximate surface area is 56.6 Å². The van der Waals surface area contributed by atoms with Crippen molar-refractivity contribution in [2.45, 2.75) is 6.54 Å². The van der Waals surface area contributed by atoms with Gasteiger partial charge in [-0.3, -0.25) is 10.1 Å². The van der Waals surface area contributed by atoms with E-state index in [0.29, 0.717) is 5.76 Å². The van der Waals surface area contributed by atoms with Gasteiger partial charge < -0.3 is 10.2 Å². The van der Waals surface area contributed by atoms with Crippen LogP contribution in [0.4, 0.5) is 5.88 Å². The molecule has 5 heteroatoms. The number of nitro groups is 1. The van der Waals surface area contributed by atoms with Crippen LogP contribution in [0, 0.1) is 10.1 Å². The van der Waals surface area contributed by atoms with Crippen molar-refractivity contribution in [2.24, 2.45) is 5.73 Å². The van der Waals surface area contributed by atoms with Crippen LogP contribution in [0.1, 0.15) is 5.76 Å². The van der Waals surface area contributed by atoms with Crippen molar-refractivity contribution in [3.05, 3.63) is 28.0 Å². The third-order valence-electron chi connectivity index (χ3n) is 1.03. The van der Waals surface area contributed by atoms with Gasteiger partial charge in [0.2, 0.25) is 0 Å². The summed E-state index contributed by atoms with van der Waals surface area (Å²) in [4.78, 5) is 9.40. The number of furan rings is 1. The molecule has 0 aliphatic carbocycles. The molecule has 0 spiro atoms. The summed E-state index contributed by atoms with van der Waals surface area (Å²) in [5.74, 6) is 0.159. The lowest BCUT2D eigenvalue weighted by molar-refractivity contribution is -0.402. The van der Waals surface area contributed by atoms with E-state index in [1.54, 1.807) is 0 Å². The van der Waals surface area contributed by atoms with Crippen LogP contribution in [0.25, 0.3) is 0 Å². The molecule has 54 valence electrons. The molecule has 0 amide bonds. The minimum Gasteiger partial charge on any atom is -0.404 e. The topological polar surface area (TPSA) is 82.3 Å². The van der Waals surface area contributed by atoms with E-state index in [0.717, 1.165) is 0 Å². The highest BCUT2D eigenvalue weighted by Crippen LogP contribution is 2.14. The number of rotatable bonds is 2. The highest BCUT2D eigenvalue weighted by Gasteiger charge is 2.09. The van der Waals surface area contributed by atoms with Gasteiger partial charge in [-0.15, -0.1) is 0 Å². The van der Waals surface area contributed by atoms with Crippen LogP contribution in [0.2, 0.25) is 0 Å². The van der Waals surface area contributed by atoms with Crippen LogP contribution < -0.4 is 5.73 Å². The van der Waals surface area contributed by atoms with Crippen molar-refractivity contribution in [3.8, 4) is 0 Å². The molecule has 0 fully saturated rings. The Hall–Kier alpha value is -1.36. The number of hydrogen-bond donors (Lipinski definition) is 1. The van der Waals surface area contributed by atoms with Gasteiger partial charge in [-0.1, -0.05) is 0 Å². The molecule has 1 rings (SSSR count). The van der Waals surface area contributed by atoms with Crippen LogP contribution in [0.5, 0.6) is 0 Å². The third-order valence-corrected chi connectivity index (χ3v) is 1.03. The molecule has 0 bridgehead atoms. The number of nitrogens with zero attached hydrogens (tertiary/aromatic N) is 1. The van der Waals surface area contributed by atoms with Gasteiger partial charge in [-0.2, -0.15) is 0 Å². The Kier molecular flexibility index (Phi) is 1.68. The predicted molar refractivity (Wildman–Crippen MR) is 33.3 cm³/mol. The van der Waals surface area contributed by atoms with E-state index in [4.69, 9.17) is 5.73 Å². The van der Waals surface area contributed by atoms with Gasteiger partial charge in [0, 0.05) is 0 Å². The number of nitrogens with two attached hydrogens (primary N) is 1. The molecule has 1 heterocycles. The van der Waals surface area contributed by atoms with Crippen LogP contribution in [-0.2, 0) is 6.54 Å². The second kappa shape index (κ2) is 2.49. The average Bonchev–Trinajstić information content (AvgIpc) is 2.34. The van der Waals surface area contributed by atoms with E-state index >= 15 is 0 Å². The fraction of sp³-hybridized carbons (Fsp3) is 0.200. The van der Waals surface area contributed by atoms with E-state index in [2.05, 4.69) is 4.42 Å². The van der Waals surface area contributed by atoms with Crippen molar-refractivity contribution < 1.29 is 9.34 Å². The first-order valence-corrected chi connectivity index (χ1v) is 2.67. The lowest BCUT2D eigenvalue weighted by Gasteiger charge is -1.83. The van der Waals surface area contributed by atoms with Crippen molar-refractivity contribution in [1.82, 2.24) is 0 Å². The number of hydrogen-bond acceptors (Lipinski definition) is 4. The van der Waals surface area contributed by atoms with E-state index < -0.39 is 4.92 Å². The first kappa shape index (κ1) is 6.76. The van der Waals surface area contributed by atoms with Crippen molar-refractivity contribution in [1.29, 1.82) is 0 Å². The zero-order chi connectivity index (χ0) is 7.56. The summed E-state index contributed by atoms with van der Waals surface area (Å²) in [7, 11) is 0. The molecule has 0 saturated heterocycles. The predicted octanol–water partition coefficient (Wildman–Crippen LogP) is 0.646. The van der Waals surface area contributed by atoms with Crippen LogP contribution >= 0.6 is 0 Å². The molecule has 0 unspecified atom stereocenters. The van der Waals surface area contributed by atoms with E-state index in [9.17, 15) is 10.1 Å². The zero-order valence-electron chi connectivity index (χ0n) is 5.11. The molecule has 0 atom stereocenters. The molecule has 0 saturated carbocycles. The van der Waals surface area contributed by atoms with Crippen molar-refractivity contribution in [2.75, 3.05) is 0 Å². The van der Waals surface area contributed by atoms with Crippen molar-refractivity contribution >= 4 is 5.88 Å². The fourth-order valence-corrected chi connectivity index (χ4v) is 0.574. The maximum Gasteiger partial charge on any atom is 0.433 e. The minimum absolute atomic E-state index is 0.188. The fourth-order valence-electron chi connectivity index (χ4n) is 0.574. The lowest BCUT2D eigenvalue weighted by atomic mass is 10.5. The Morgan fingerprint density at radius 3 is 2.70 bits per heavy atom. The molecule has 1 aromatic rings. The monoisotopic (exact) mass is 142 g/mol. The van der Waals surface area contributed by atoms with Crippen LogP contribution in [0.3, 0.4) is 0 Å². The molecule has 2 N–H and O–H groups in total. The summed E-state index contributed by atoms with van der Waals surface area (Å²) in [5, 5.41) is 10.0. The van der Waals surface area contributed by atoms with Gasteiger partial charge >= 0.3 is 5.88 Å². The van der Waals surface area contributed by atoms with Gasteiger partial charge in [0.05, 0.1) is 12.6 Å². The maximum atomic E-state index is 10.0. The summed E-state index contributed by atoms with van der Waals surface area (Å²) in [5.41, 5.74) is 5.15. The zero-order valence-corrected chi connectivity index (χ0v) is 5.11. The Morgan fingerprint density at radius 1 is 1.70 bits per heavy atom. The molecule has 0 aliphatic heterocycles. The summed E-state index contributed by atoms with van der Waals surface area (Å²) >= 11 is 0. The van der Waals surface area contributed by atoms with Gasteiger partial charge in [0.25, 0.3) is 0 Å². The molecular weight excluding hydrogens is 136 g/mol. The molecule has 10 heavy (non-hydrogen) atoms. The van der Waals surface area contributed by atoms with Gasteiger partial charge in [-0.25, -0.2) is 0 Å². The lowest BCUT2D eigenvalue weighted by Crippen LogP contribution is -1.92. The molecule has 0 radical (unpaired) electrons. The average molecular weight is 142 g/mol. The third kappa shape index (κ3) is 1.14. The standard InChI is InChI=1S/C5H6N2O3/c6-3-4-1-2-5(10-4)7(8)9/h1-2H,3,6H2. The molecule has 0 aliphatic rings. The highest BCUT2D eigenvalue weighted by atomic mass is 16.6. The van der Waals surface area contributed by atoms with E-state index in [1.165, 1.54) is 12.1 Å². The highest BCUT2D eigenvalue weighted by molar-refractivity contribution is 5.17. The minimum atomic E-state index is -0.598. The van der Waals surface area contributed by atoms with Crippen LogP contribution in [0.15, 0.2) is 16.5 Å². The second-order valence-electron chi connectivity index (χ2n) is 1.70. The van der Waals surface area contributed by atoms with E-state index in [1.807, 2.05) is 0 Å². The van der Waals surface area contributed by atoms with Gasteiger partial charge in [-0.05, 0) is 6.07 Å².